The molecule has 0 heterocycles. The fourth-order valence-corrected chi connectivity index (χ4v) is 5.77. The maximum atomic E-state index is 2.43. The molecule has 0 spiro atoms. The summed E-state index contributed by atoms with van der Waals surface area (Å²) in [5.41, 5.74) is 10.1. The number of rotatable bonds is 3. The minimum Gasteiger partial charge on any atom is -0.0622 e. The molecule has 32 heavy (non-hydrogen) atoms. The van der Waals surface area contributed by atoms with E-state index in [0.717, 1.165) is 0 Å². The van der Waals surface area contributed by atoms with Gasteiger partial charge in [-0.1, -0.05) is 109 Å². The second-order valence-electron chi connectivity index (χ2n) is 8.30. The molecule has 0 aromatic heterocycles. The highest BCUT2D eigenvalue weighted by atomic mass is 127. The van der Waals surface area contributed by atoms with Crippen LogP contribution in [0, 0.1) is 3.57 Å². The van der Waals surface area contributed by atoms with E-state index >= 15 is 0 Å². The fraction of sp³-hybridized carbons (Fsp3) is 0.0323. The summed E-state index contributed by atoms with van der Waals surface area (Å²) >= 11 is 2.43. The van der Waals surface area contributed by atoms with Crippen LogP contribution in [-0.4, -0.2) is 0 Å². The first-order valence-corrected chi connectivity index (χ1v) is 12.0. The van der Waals surface area contributed by atoms with Crippen molar-refractivity contribution in [2.24, 2.45) is 0 Å². The van der Waals surface area contributed by atoms with Crippen molar-refractivity contribution in [3.63, 3.8) is 0 Å². The first kappa shape index (κ1) is 19.5. The normalized spacial score (nSPS) is 13.4. The summed E-state index contributed by atoms with van der Waals surface area (Å²) in [6, 6.07) is 46.6. The molecule has 0 saturated carbocycles. The van der Waals surface area contributed by atoms with Crippen LogP contribution in [0.25, 0.3) is 22.3 Å². The second-order valence-corrected chi connectivity index (χ2v) is 9.54. The van der Waals surface area contributed by atoms with Gasteiger partial charge in [-0.3, -0.25) is 0 Å². The lowest BCUT2D eigenvalue weighted by Crippen LogP contribution is -2.28. The van der Waals surface area contributed by atoms with Crippen molar-refractivity contribution < 1.29 is 0 Å². The lowest BCUT2D eigenvalue weighted by Gasteiger charge is -2.34. The molecule has 0 aliphatic heterocycles. The van der Waals surface area contributed by atoms with Gasteiger partial charge in [-0.05, 0) is 85.3 Å². The van der Waals surface area contributed by atoms with E-state index < -0.39 is 0 Å². The van der Waals surface area contributed by atoms with Crippen LogP contribution in [-0.2, 0) is 5.41 Å². The lowest BCUT2D eigenvalue weighted by molar-refractivity contribution is 0.768. The van der Waals surface area contributed by atoms with Gasteiger partial charge in [0, 0.05) is 3.57 Å². The Kier molecular flexibility index (Phi) is 4.73. The van der Waals surface area contributed by atoms with Crippen LogP contribution in [0.3, 0.4) is 0 Å². The summed E-state index contributed by atoms with van der Waals surface area (Å²) in [6.07, 6.45) is 0. The molecule has 1 heteroatoms. The zero-order valence-electron chi connectivity index (χ0n) is 17.5. The van der Waals surface area contributed by atoms with E-state index in [9.17, 15) is 0 Å². The summed E-state index contributed by atoms with van der Waals surface area (Å²) < 4.78 is 1.26. The number of hydrogen-bond acceptors (Lipinski definition) is 0. The summed E-state index contributed by atoms with van der Waals surface area (Å²) in [4.78, 5) is 0. The van der Waals surface area contributed by atoms with Crippen LogP contribution in [0.15, 0.2) is 127 Å². The first-order valence-electron chi connectivity index (χ1n) is 10.9. The number of benzene rings is 5. The Balaban J connectivity index is 1.75. The SMILES string of the molecule is Ic1ccc2c(c1)-c1ccc(-c3ccccc3)cc1C2(c1ccccc1)c1ccccc1. The molecule has 5 aromatic rings. The van der Waals surface area contributed by atoms with E-state index in [2.05, 4.69) is 150 Å². The molecule has 1 aliphatic rings. The monoisotopic (exact) mass is 520 g/mol. The molecule has 0 nitrogen and oxygen atoms in total. The Labute approximate surface area is 202 Å². The van der Waals surface area contributed by atoms with Gasteiger partial charge in [0.1, 0.15) is 0 Å². The number of hydrogen-bond donors (Lipinski definition) is 0. The van der Waals surface area contributed by atoms with E-state index in [4.69, 9.17) is 0 Å². The number of fused-ring (bicyclic) bond motifs is 3. The van der Waals surface area contributed by atoms with Crippen LogP contribution < -0.4 is 0 Å². The van der Waals surface area contributed by atoms with E-state index in [0.29, 0.717) is 0 Å². The van der Waals surface area contributed by atoms with Gasteiger partial charge in [-0.25, -0.2) is 0 Å². The minimum absolute atomic E-state index is 0.345. The Morgan fingerprint density at radius 2 is 1.03 bits per heavy atom. The van der Waals surface area contributed by atoms with Crippen molar-refractivity contribution in [2.45, 2.75) is 5.41 Å². The summed E-state index contributed by atoms with van der Waals surface area (Å²) in [5.74, 6) is 0. The third kappa shape index (κ3) is 2.88. The van der Waals surface area contributed by atoms with Gasteiger partial charge < -0.3 is 0 Å². The summed E-state index contributed by atoms with van der Waals surface area (Å²) in [6.45, 7) is 0. The van der Waals surface area contributed by atoms with E-state index in [1.807, 2.05) is 0 Å². The highest BCUT2D eigenvalue weighted by Gasteiger charge is 2.46. The van der Waals surface area contributed by atoms with Crippen molar-refractivity contribution in [3.8, 4) is 22.3 Å². The molecule has 0 amide bonds. The largest absolute Gasteiger partial charge is 0.0713 e. The Bertz CT molecular complexity index is 1360. The third-order valence-corrected chi connectivity index (χ3v) is 7.29. The molecule has 0 unspecified atom stereocenters. The van der Waals surface area contributed by atoms with Crippen LogP contribution in [0.1, 0.15) is 22.3 Å². The van der Waals surface area contributed by atoms with Crippen LogP contribution in [0.2, 0.25) is 0 Å². The van der Waals surface area contributed by atoms with Gasteiger partial charge in [-0.15, -0.1) is 0 Å². The quantitative estimate of drug-likeness (QED) is 0.206. The first-order chi connectivity index (χ1) is 15.8. The van der Waals surface area contributed by atoms with Gasteiger partial charge in [0.2, 0.25) is 0 Å². The molecule has 0 N–H and O–H groups in total. The van der Waals surface area contributed by atoms with Crippen LogP contribution in [0.4, 0.5) is 0 Å². The van der Waals surface area contributed by atoms with E-state index in [-0.39, 0.29) is 5.41 Å². The topological polar surface area (TPSA) is 0 Å². The average Bonchev–Trinajstić information content (AvgIpc) is 3.15. The molecule has 0 bridgehead atoms. The van der Waals surface area contributed by atoms with Gasteiger partial charge in [0.15, 0.2) is 0 Å². The molecule has 5 aromatic carbocycles. The average molecular weight is 520 g/mol. The second kappa shape index (κ2) is 7.75. The standard InChI is InChI=1S/C31H21I/c32-26-17-19-29-28(21-26)27-18-16-23(22-10-4-1-5-11-22)20-30(27)31(29,24-12-6-2-7-13-24)25-14-8-3-9-15-25/h1-21H. The predicted molar refractivity (Wildman–Crippen MR) is 142 cm³/mol. The maximum absolute atomic E-state index is 2.43. The van der Waals surface area contributed by atoms with Crippen molar-refractivity contribution in [3.05, 3.63) is 153 Å². The third-order valence-electron chi connectivity index (χ3n) is 6.62. The predicted octanol–water partition coefficient (Wildman–Crippen LogP) is 8.32. The van der Waals surface area contributed by atoms with Gasteiger partial charge in [-0.2, -0.15) is 0 Å². The molecular formula is C31H21I. The molecule has 0 fully saturated rings. The van der Waals surface area contributed by atoms with Crippen molar-refractivity contribution in [1.82, 2.24) is 0 Å². The highest BCUT2D eigenvalue weighted by Crippen LogP contribution is 2.56. The smallest absolute Gasteiger partial charge is 0.0622 e. The summed E-state index contributed by atoms with van der Waals surface area (Å²) in [7, 11) is 0. The van der Waals surface area contributed by atoms with Gasteiger partial charge in [0.05, 0.1) is 5.41 Å². The molecule has 152 valence electrons. The Morgan fingerprint density at radius 1 is 0.438 bits per heavy atom. The number of halogens is 1. The molecule has 0 radical (unpaired) electrons. The van der Waals surface area contributed by atoms with Crippen molar-refractivity contribution in [1.29, 1.82) is 0 Å². The molecular weight excluding hydrogens is 499 g/mol. The molecule has 0 atom stereocenters. The molecule has 6 rings (SSSR count). The van der Waals surface area contributed by atoms with E-state index in [1.54, 1.807) is 0 Å². The summed E-state index contributed by atoms with van der Waals surface area (Å²) in [5, 5.41) is 0. The zero-order valence-corrected chi connectivity index (χ0v) is 19.7. The van der Waals surface area contributed by atoms with Crippen molar-refractivity contribution >= 4 is 22.6 Å². The van der Waals surface area contributed by atoms with Crippen LogP contribution >= 0.6 is 22.6 Å². The molecule has 1 aliphatic carbocycles. The fourth-order valence-electron chi connectivity index (χ4n) is 5.28. The van der Waals surface area contributed by atoms with Crippen molar-refractivity contribution in [2.75, 3.05) is 0 Å². The lowest BCUT2D eigenvalue weighted by atomic mass is 9.67. The zero-order chi connectivity index (χ0) is 21.5. The highest BCUT2D eigenvalue weighted by molar-refractivity contribution is 14.1. The Hall–Kier alpha value is -3.17. The van der Waals surface area contributed by atoms with E-state index in [1.165, 1.54) is 48.1 Å². The van der Waals surface area contributed by atoms with Gasteiger partial charge >= 0.3 is 0 Å². The molecule has 0 saturated heterocycles. The minimum atomic E-state index is -0.345. The van der Waals surface area contributed by atoms with Gasteiger partial charge in [0.25, 0.3) is 0 Å². The Morgan fingerprint density at radius 3 is 1.66 bits per heavy atom. The van der Waals surface area contributed by atoms with Crippen LogP contribution in [0.5, 0.6) is 0 Å². The maximum Gasteiger partial charge on any atom is 0.0713 e.